The fraction of sp³-hybridized carbons (Fsp3) is 0.333. The molecular formula is C12H17N5O2S. The molecule has 0 saturated heterocycles. The van der Waals surface area contributed by atoms with Crippen LogP contribution in [-0.4, -0.2) is 29.7 Å². The lowest BCUT2D eigenvalue weighted by molar-refractivity contribution is 0.577. The van der Waals surface area contributed by atoms with Crippen LogP contribution in [0.15, 0.2) is 35.5 Å². The number of nitrogens with one attached hydrogen (secondary N) is 1. The van der Waals surface area contributed by atoms with E-state index in [1.165, 1.54) is 12.3 Å². The second kappa shape index (κ2) is 6.12. The molecule has 2 rings (SSSR count). The van der Waals surface area contributed by atoms with Crippen LogP contribution in [0.1, 0.15) is 11.4 Å². The lowest BCUT2D eigenvalue weighted by Gasteiger charge is -2.09. The Morgan fingerprint density at radius 3 is 2.80 bits per heavy atom. The highest BCUT2D eigenvalue weighted by Gasteiger charge is 2.17. The van der Waals surface area contributed by atoms with Crippen molar-refractivity contribution in [3.05, 3.63) is 42.0 Å². The summed E-state index contributed by atoms with van der Waals surface area (Å²) in [4.78, 5) is 4.11. The monoisotopic (exact) mass is 295 g/mol. The zero-order valence-corrected chi connectivity index (χ0v) is 12.0. The summed E-state index contributed by atoms with van der Waals surface area (Å²) >= 11 is 0. The van der Waals surface area contributed by atoms with E-state index in [2.05, 4.69) is 14.8 Å². The van der Waals surface area contributed by atoms with Crippen LogP contribution in [0.4, 0.5) is 0 Å². The van der Waals surface area contributed by atoms with Crippen molar-refractivity contribution < 1.29 is 8.42 Å². The highest BCUT2D eigenvalue weighted by Crippen LogP contribution is 2.12. The first-order valence-electron chi connectivity index (χ1n) is 6.15. The second-order valence-electron chi connectivity index (χ2n) is 4.25. The van der Waals surface area contributed by atoms with Crippen LogP contribution in [0, 0.1) is 0 Å². The molecule has 3 N–H and O–H groups in total. The molecule has 2 aromatic rings. The molecule has 0 radical (unpaired) electrons. The van der Waals surface area contributed by atoms with Crippen molar-refractivity contribution in [3.63, 3.8) is 0 Å². The van der Waals surface area contributed by atoms with Gasteiger partial charge in [0.15, 0.2) is 0 Å². The number of aryl methyl sites for hydroxylation is 1. The molecule has 0 amide bonds. The SMILES string of the molecule is Cn1nccc1CCNS(=O)(=O)c1cccnc1CN. The molecule has 0 spiro atoms. The van der Waals surface area contributed by atoms with E-state index in [0.29, 0.717) is 18.7 Å². The van der Waals surface area contributed by atoms with Crippen molar-refractivity contribution in [1.82, 2.24) is 19.5 Å². The molecule has 2 heterocycles. The van der Waals surface area contributed by atoms with E-state index in [-0.39, 0.29) is 11.4 Å². The minimum Gasteiger partial charge on any atom is -0.325 e. The summed E-state index contributed by atoms with van der Waals surface area (Å²) in [6.07, 6.45) is 3.77. The van der Waals surface area contributed by atoms with E-state index < -0.39 is 10.0 Å². The maximum atomic E-state index is 12.2. The van der Waals surface area contributed by atoms with Crippen LogP contribution in [-0.2, 0) is 30.0 Å². The molecule has 0 bridgehead atoms. The topological polar surface area (TPSA) is 103 Å². The Labute approximate surface area is 117 Å². The molecular weight excluding hydrogens is 278 g/mol. The minimum absolute atomic E-state index is 0.0822. The zero-order chi connectivity index (χ0) is 14.6. The average molecular weight is 295 g/mol. The highest BCUT2D eigenvalue weighted by atomic mass is 32.2. The van der Waals surface area contributed by atoms with Crippen LogP contribution in [0.5, 0.6) is 0 Å². The van der Waals surface area contributed by atoms with Gasteiger partial charge < -0.3 is 5.73 Å². The molecule has 0 saturated carbocycles. The fourth-order valence-electron chi connectivity index (χ4n) is 1.86. The quantitative estimate of drug-likeness (QED) is 0.768. The van der Waals surface area contributed by atoms with Crippen molar-refractivity contribution in [2.24, 2.45) is 12.8 Å². The molecule has 0 aliphatic carbocycles. The third-order valence-corrected chi connectivity index (χ3v) is 4.46. The smallest absolute Gasteiger partial charge is 0.242 e. The normalized spacial score (nSPS) is 11.7. The van der Waals surface area contributed by atoms with Gasteiger partial charge in [-0.15, -0.1) is 0 Å². The number of nitrogens with two attached hydrogens (primary N) is 1. The van der Waals surface area contributed by atoms with Crippen LogP contribution >= 0.6 is 0 Å². The number of pyridine rings is 1. The van der Waals surface area contributed by atoms with Gasteiger partial charge in [-0.3, -0.25) is 9.67 Å². The van der Waals surface area contributed by atoms with Gasteiger partial charge >= 0.3 is 0 Å². The summed E-state index contributed by atoms with van der Waals surface area (Å²) in [5.74, 6) is 0. The van der Waals surface area contributed by atoms with Crippen molar-refractivity contribution in [3.8, 4) is 0 Å². The summed E-state index contributed by atoms with van der Waals surface area (Å²) < 4.78 is 28.7. The standard InChI is InChI=1S/C12H17N5O2S/c1-17-10(4-7-15-17)5-8-16-20(18,19)12-3-2-6-14-11(12)9-13/h2-4,6-7,16H,5,8-9,13H2,1H3. The van der Waals surface area contributed by atoms with Crippen LogP contribution in [0.3, 0.4) is 0 Å². The van der Waals surface area contributed by atoms with Crippen molar-refractivity contribution in [2.75, 3.05) is 6.54 Å². The maximum absolute atomic E-state index is 12.2. The van der Waals surface area contributed by atoms with Gasteiger partial charge in [0.2, 0.25) is 10.0 Å². The zero-order valence-electron chi connectivity index (χ0n) is 11.2. The van der Waals surface area contributed by atoms with Gasteiger partial charge in [-0.05, 0) is 18.2 Å². The number of hydrogen-bond donors (Lipinski definition) is 2. The van der Waals surface area contributed by atoms with E-state index in [9.17, 15) is 8.42 Å². The Balaban J connectivity index is 2.06. The van der Waals surface area contributed by atoms with E-state index in [1.54, 1.807) is 16.9 Å². The van der Waals surface area contributed by atoms with Gasteiger partial charge in [-0.2, -0.15) is 5.10 Å². The molecule has 0 unspecified atom stereocenters. The summed E-state index contributed by atoms with van der Waals surface area (Å²) in [5, 5.41) is 4.03. The van der Waals surface area contributed by atoms with Gasteiger partial charge in [0.05, 0.1) is 5.69 Å². The summed E-state index contributed by atoms with van der Waals surface area (Å²) in [6.45, 7) is 0.375. The predicted octanol–water partition coefficient (Wildman–Crippen LogP) is -0.205. The Hall–Kier alpha value is -1.77. The number of aromatic nitrogens is 3. The number of sulfonamides is 1. The third kappa shape index (κ3) is 3.21. The molecule has 2 aromatic heterocycles. The summed E-state index contributed by atoms with van der Waals surface area (Å²) in [6, 6.07) is 4.93. The Bertz CT molecular complexity index is 681. The highest BCUT2D eigenvalue weighted by molar-refractivity contribution is 7.89. The Morgan fingerprint density at radius 2 is 2.15 bits per heavy atom. The predicted molar refractivity (Wildman–Crippen MR) is 74.2 cm³/mol. The van der Waals surface area contributed by atoms with E-state index >= 15 is 0 Å². The molecule has 108 valence electrons. The van der Waals surface area contributed by atoms with Gasteiger partial charge in [0.25, 0.3) is 0 Å². The largest absolute Gasteiger partial charge is 0.325 e. The van der Waals surface area contributed by atoms with Crippen molar-refractivity contribution in [1.29, 1.82) is 0 Å². The molecule has 0 fully saturated rings. The number of rotatable bonds is 6. The van der Waals surface area contributed by atoms with Crippen molar-refractivity contribution in [2.45, 2.75) is 17.9 Å². The molecule has 20 heavy (non-hydrogen) atoms. The van der Waals surface area contributed by atoms with E-state index in [4.69, 9.17) is 5.73 Å². The van der Waals surface area contributed by atoms with Crippen molar-refractivity contribution >= 4 is 10.0 Å². The Morgan fingerprint density at radius 1 is 1.35 bits per heavy atom. The molecule has 0 atom stereocenters. The fourth-order valence-corrected chi connectivity index (χ4v) is 3.09. The third-order valence-electron chi connectivity index (χ3n) is 2.93. The Kier molecular flexibility index (Phi) is 4.48. The number of hydrogen-bond acceptors (Lipinski definition) is 5. The first-order chi connectivity index (χ1) is 9.54. The molecule has 0 aliphatic rings. The van der Waals surface area contributed by atoms with Gasteiger partial charge in [-0.25, -0.2) is 13.1 Å². The van der Waals surface area contributed by atoms with Gasteiger partial charge in [-0.1, -0.05) is 0 Å². The van der Waals surface area contributed by atoms with Crippen LogP contribution in [0.25, 0.3) is 0 Å². The number of nitrogens with zero attached hydrogens (tertiary/aromatic N) is 3. The minimum atomic E-state index is -3.59. The van der Waals surface area contributed by atoms with E-state index in [1.807, 2.05) is 13.1 Å². The average Bonchev–Trinajstić information content (AvgIpc) is 2.84. The summed E-state index contributed by atoms with van der Waals surface area (Å²) in [7, 11) is -1.77. The lowest BCUT2D eigenvalue weighted by Crippen LogP contribution is -2.28. The maximum Gasteiger partial charge on any atom is 0.242 e. The molecule has 7 nitrogen and oxygen atoms in total. The van der Waals surface area contributed by atoms with Gasteiger partial charge in [0.1, 0.15) is 4.90 Å². The summed E-state index contributed by atoms with van der Waals surface area (Å²) in [5.41, 5.74) is 6.82. The van der Waals surface area contributed by atoms with E-state index in [0.717, 1.165) is 5.69 Å². The second-order valence-corrected chi connectivity index (χ2v) is 5.98. The first-order valence-corrected chi connectivity index (χ1v) is 7.63. The van der Waals surface area contributed by atoms with Crippen LogP contribution in [0.2, 0.25) is 0 Å². The van der Waals surface area contributed by atoms with Crippen LogP contribution < -0.4 is 10.5 Å². The molecule has 8 heteroatoms. The molecule has 0 aromatic carbocycles. The van der Waals surface area contributed by atoms with Gasteiger partial charge in [0, 0.05) is 44.6 Å². The molecule has 0 aliphatic heterocycles. The first kappa shape index (κ1) is 14.6. The lowest BCUT2D eigenvalue weighted by atomic mass is 10.3.